The Kier molecular flexibility index (Phi) is 7.60. The van der Waals surface area contributed by atoms with Crippen LogP contribution in [0.4, 0.5) is 4.39 Å². The summed E-state index contributed by atoms with van der Waals surface area (Å²) in [6.45, 7) is 0.226. The van der Waals surface area contributed by atoms with Gasteiger partial charge in [0.05, 0.1) is 31.2 Å². The third kappa shape index (κ3) is 4.90. The fraction of sp³-hybridized carbons (Fsp3) is 0.455. The summed E-state index contributed by atoms with van der Waals surface area (Å²) in [6, 6.07) is 14.2. The number of rotatable bonds is 7. The standard InChI is InChI=1S/C33H36FNO5/c34-27-16-20(11-13-28(27)37)15-22(21-7-3-1-4-8-21)12-14-29-30-23(18-36)17-25-31(26(30)19-40-29)33(39)35(32(25)38)24-9-5-2-6-10-24/h1,3-4,7-8,11,13,15-16,24-26,29,31,36-37H,2,5-6,9-10,12,14,17-19H2/b22-15-/t25-,26+,29-,31-/m1/s1. The molecule has 2 N–H and O–H groups in total. The largest absolute Gasteiger partial charge is 0.505 e. The number of benzene rings is 2. The molecule has 0 radical (unpaired) electrons. The van der Waals surface area contributed by atoms with Crippen molar-refractivity contribution in [2.45, 2.75) is 63.5 Å². The zero-order chi connectivity index (χ0) is 27.8. The summed E-state index contributed by atoms with van der Waals surface area (Å²) in [5.74, 6) is -2.17. The number of amides is 2. The maximum Gasteiger partial charge on any atom is 0.234 e. The Morgan fingerprint density at radius 1 is 1.02 bits per heavy atom. The highest BCUT2D eigenvalue weighted by atomic mass is 19.1. The number of ether oxygens (including phenoxy) is 1. The molecule has 0 aromatic heterocycles. The highest BCUT2D eigenvalue weighted by molar-refractivity contribution is 6.06. The molecule has 4 atom stereocenters. The Balaban J connectivity index is 1.25. The van der Waals surface area contributed by atoms with Crippen LogP contribution in [-0.2, 0) is 14.3 Å². The van der Waals surface area contributed by atoms with Gasteiger partial charge in [-0.15, -0.1) is 0 Å². The van der Waals surface area contributed by atoms with Crippen LogP contribution in [-0.4, -0.2) is 52.3 Å². The predicted octanol–water partition coefficient (Wildman–Crippen LogP) is 5.49. The van der Waals surface area contributed by atoms with Crippen molar-refractivity contribution in [3.8, 4) is 5.75 Å². The van der Waals surface area contributed by atoms with Gasteiger partial charge in [-0.05, 0) is 72.1 Å². The van der Waals surface area contributed by atoms with Gasteiger partial charge in [-0.3, -0.25) is 14.5 Å². The van der Waals surface area contributed by atoms with Crippen LogP contribution in [0, 0.1) is 23.6 Å². The van der Waals surface area contributed by atoms with Gasteiger partial charge < -0.3 is 14.9 Å². The summed E-state index contributed by atoms with van der Waals surface area (Å²) in [6.07, 6.45) is 8.33. The lowest BCUT2D eigenvalue weighted by Gasteiger charge is -2.31. The lowest BCUT2D eigenvalue weighted by atomic mass is 9.69. The van der Waals surface area contributed by atoms with Crippen molar-refractivity contribution < 1.29 is 28.9 Å². The van der Waals surface area contributed by atoms with Gasteiger partial charge in [-0.2, -0.15) is 0 Å². The molecule has 2 aliphatic heterocycles. The fourth-order valence-electron chi connectivity index (χ4n) is 7.40. The lowest BCUT2D eigenvalue weighted by molar-refractivity contribution is -0.143. The molecule has 2 amide bonds. The summed E-state index contributed by atoms with van der Waals surface area (Å²) in [7, 11) is 0. The van der Waals surface area contributed by atoms with Crippen molar-refractivity contribution in [2.24, 2.45) is 17.8 Å². The van der Waals surface area contributed by atoms with Crippen molar-refractivity contribution in [2.75, 3.05) is 13.2 Å². The summed E-state index contributed by atoms with van der Waals surface area (Å²) in [5.41, 5.74) is 4.48. The third-order valence-electron chi connectivity index (χ3n) is 9.31. The molecule has 7 heteroatoms. The maximum atomic E-state index is 14.1. The molecule has 0 unspecified atom stereocenters. The molecule has 3 fully saturated rings. The average Bonchev–Trinajstić information content (AvgIpc) is 3.51. The number of aliphatic hydroxyl groups is 1. The van der Waals surface area contributed by atoms with Crippen molar-refractivity contribution in [1.29, 1.82) is 0 Å². The molecule has 40 heavy (non-hydrogen) atoms. The van der Waals surface area contributed by atoms with Crippen molar-refractivity contribution in [3.63, 3.8) is 0 Å². The first-order chi connectivity index (χ1) is 19.5. The molecular weight excluding hydrogens is 509 g/mol. The lowest BCUT2D eigenvalue weighted by Crippen LogP contribution is -2.42. The average molecular weight is 546 g/mol. The van der Waals surface area contributed by atoms with Crippen LogP contribution in [0.5, 0.6) is 5.75 Å². The minimum Gasteiger partial charge on any atom is -0.505 e. The van der Waals surface area contributed by atoms with Gasteiger partial charge in [0.2, 0.25) is 11.8 Å². The van der Waals surface area contributed by atoms with Crippen LogP contribution in [0.25, 0.3) is 11.6 Å². The summed E-state index contributed by atoms with van der Waals surface area (Å²) < 4.78 is 20.4. The zero-order valence-corrected chi connectivity index (χ0v) is 22.6. The van der Waals surface area contributed by atoms with Crippen LogP contribution >= 0.6 is 0 Å². The third-order valence-corrected chi connectivity index (χ3v) is 9.31. The highest BCUT2D eigenvalue weighted by Gasteiger charge is 2.58. The number of fused-ring (bicyclic) bond motifs is 3. The molecule has 4 aliphatic rings. The number of likely N-dealkylation sites (tertiary alicyclic amines) is 1. The molecule has 0 bridgehead atoms. The fourth-order valence-corrected chi connectivity index (χ4v) is 7.40. The quantitative estimate of drug-likeness (QED) is 0.273. The first kappa shape index (κ1) is 26.9. The van der Waals surface area contributed by atoms with E-state index in [2.05, 4.69) is 0 Å². The van der Waals surface area contributed by atoms with Crippen molar-refractivity contribution >= 4 is 23.5 Å². The number of imide groups is 1. The molecule has 2 aromatic carbocycles. The van der Waals surface area contributed by atoms with Gasteiger partial charge in [0.15, 0.2) is 11.6 Å². The highest BCUT2D eigenvalue weighted by Crippen LogP contribution is 2.50. The molecule has 2 saturated heterocycles. The Morgan fingerprint density at radius 3 is 2.52 bits per heavy atom. The van der Waals surface area contributed by atoms with Crippen molar-refractivity contribution in [3.05, 3.63) is 76.6 Å². The number of hydrogen-bond donors (Lipinski definition) is 2. The van der Waals surface area contributed by atoms with E-state index < -0.39 is 17.7 Å². The second-order valence-corrected chi connectivity index (χ2v) is 11.6. The van der Waals surface area contributed by atoms with Gasteiger partial charge >= 0.3 is 0 Å². The van der Waals surface area contributed by atoms with Gasteiger partial charge in [0.25, 0.3) is 0 Å². The van der Waals surface area contributed by atoms with E-state index in [0.29, 0.717) is 31.4 Å². The molecule has 2 aromatic rings. The second kappa shape index (κ2) is 11.3. The molecular formula is C33H36FNO5. The first-order valence-electron chi connectivity index (χ1n) is 14.5. The van der Waals surface area contributed by atoms with Gasteiger partial charge in [-0.25, -0.2) is 4.39 Å². The summed E-state index contributed by atoms with van der Waals surface area (Å²) in [4.78, 5) is 28.8. The first-order valence-corrected chi connectivity index (χ1v) is 14.5. The number of phenolic OH excluding ortho intramolecular Hbond substituents is 1. The number of carbonyl (C=O) groups is 2. The molecule has 6 nitrogen and oxygen atoms in total. The number of carbonyl (C=O) groups excluding carboxylic acids is 2. The molecule has 1 saturated carbocycles. The Labute approximate surface area is 234 Å². The number of nitrogens with zero attached hydrogens (tertiary/aromatic N) is 1. The minimum absolute atomic E-state index is 0.00167. The van der Waals surface area contributed by atoms with E-state index in [9.17, 15) is 24.2 Å². The summed E-state index contributed by atoms with van der Waals surface area (Å²) >= 11 is 0. The maximum absolute atomic E-state index is 14.1. The number of phenols is 1. The van der Waals surface area contributed by atoms with E-state index in [1.807, 2.05) is 36.4 Å². The number of hydrogen-bond acceptors (Lipinski definition) is 5. The monoisotopic (exact) mass is 545 g/mol. The predicted molar refractivity (Wildman–Crippen MR) is 149 cm³/mol. The zero-order valence-electron chi connectivity index (χ0n) is 22.6. The molecule has 2 heterocycles. The van der Waals surface area contributed by atoms with Crippen LogP contribution in [0.2, 0.25) is 0 Å². The Bertz CT molecular complexity index is 1350. The van der Waals surface area contributed by atoms with E-state index in [1.54, 1.807) is 11.0 Å². The molecule has 2 aliphatic carbocycles. The Hall–Kier alpha value is -3.29. The van der Waals surface area contributed by atoms with Gasteiger partial charge in [0, 0.05) is 12.0 Å². The number of aliphatic hydroxyl groups excluding tert-OH is 1. The second-order valence-electron chi connectivity index (χ2n) is 11.6. The van der Waals surface area contributed by atoms with Crippen molar-refractivity contribution in [1.82, 2.24) is 4.90 Å². The van der Waals surface area contributed by atoms with Crippen LogP contribution in [0.15, 0.2) is 59.7 Å². The van der Waals surface area contributed by atoms with E-state index in [4.69, 9.17) is 4.74 Å². The number of halogens is 1. The van der Waals surface area contributed by atoms with E-state index in [0.717, 1.165) is 54.4 Å². The van der Waals surface area contributed by atoms with Gasteiger partial charge in [0.1, 0.15) is 0 Å². The normalized spacial score (nSPS) is 27.4. The molecule has 0 spiro atoms. The van der Waals surface area contributed by atoms with E-state index in [1.165, 1.54) is 12.1 Å². The van der Waals surface area contributed by atoms with Crippen LogP contribution < -0.4 is 0 Å². The number of aromatic hydroxyl groups is 1. The Morgan fingerprint density at radius 2 is 1.80 bits per heavy atom. The topological polar surface area (TPSA) is 87.1 Å². The number of allylic oxidation sites excluding steroid dienone is 1. The molecule has 210 valence electrons. The minimum atomic E-state index is -0.671. The van der Waals surface area contributed by atoms with E-state index in [-0.39, 0.29) is 42.2 Å². The van der Waals surface area contributed by atoms with Gasteiger partial charge in [-0.1, -0.05) is 61.7 Å². The van der Waals surface area contributed by atoms with E-state index >= 15 is 0 Å². The van der Waals surface area contributed by atoms with Crippen LogP contribution in [0.1, 0.15) is 62.5 Å². The smallest absolute Gasteiger partial charge is 0.234 e. The summed E-state index contributed by atoms with van der Waals surface area (Å²) in [5, 5.41) is 20.0. The molecule has 6 rings (SSSR count). The SMILES string of the molecule is O=C1[C@@H]2[C@@H](CC(CO)=C3[C@@H](CC/C(=C/c4ccc(O)c(F)c4)c4ccccc4)OC[C@@H]32)C(=O)N1C1CCCCC1. The van der Waals surface area contributed by atoms with Crippen LogP contribution in [0.3, 0.4) is 0 Å².